The molecule has 2 aromatic carbocycles. The van der Waals surface area contributed by atoms with Crippen molar-refractivity contribution in [2.75, 3.05) is 0 Å². The number of hydrogen-bond donors (Lipinski definition) is 1. The standard InChI is InChI=1S/C23H18FN3O2S/c24-18-7-5-17(6-8-18)14-29-21-4-2-1-3-19(21)23-27-20(15-30-23)22(28)26-13-16-9-11-25-12-10-16/h1-12,15H,13-14H2,(H,26,28). The summed E-state index contributed by atoms with van der Waals surface area (Å²) in [5.41, 5.74) is 2.99. The summed E-state index contributed by atoms with van der Waals surface area (Å²) >= 11 is 1.38. The summed E-state index contributed by atoms with van der Waals surface area (Å²) in [5.74, 6) is 0.135. The summed E-state index contributed by atoms with van der Waals surface area (Å²) in [6.45, 7) is 0.716. The second-order valence-corrected chi connectivity index (χ2v) is 7.35. The number of halogens is 1. The average Bonchev–Trinajstić information content (AvgIpc) is 3.28. The number of ether oxygens (including phenoxy) is 1. The Kier molecular flexibility index (Phi) is 6.10. The smallest absolute Gasteiger partial charge is 0.271 e. The largest absolute Gasteiger partial charge is 0.488 e. The van der Waals surface area contributed by atoms with E-state index in [-0.39, 0.29) is 11.7 Å². The van der Waals surface area contributed by atoms with Crippen molar-refractivity contribution in [1.82, 2.24) is 15.3 Å². The Bertz CT molecular complexity index is 1130. The van der Waals surface area contributed by atoms with Crippen LogP contribution < -0.4 is 10.1 Å². The van der Waals surface area contributed by atoms with E-state index < -0.39 is 0 Å². The molecular formula is C23H18FN3O2S. The highest BCUT2D eigenvalue weighted by atomic mass is 32.1. The minimum Gasteiger partial charge on any atom is -0.488 e. The van der Waals surface area contributed by atoms with Gasteiger partial charge in [0.2, 0.25) is 0 Å². The summed E-state index contributed by atoms with van der Waals surface area (Å²) in [5, 5.41) is 5.28. The van der Waals surface area contributed by atoms with Gasteiger partial charge in [0.15, 0.2) is 0 Å². The molecule has 0 fully saturated rings. The molecule has 0 aliphatic carbocycles. The van der Waals surface area contributed by atoms with Gasteiger partial charge in [0.25, 0.3) is 5.91 Å². The Labute approximate surface area is 177 Å². The monoisotopic (exact) mass is 419 g/mol. The van der Waals surface area contributed by atoms with Gasteiger partial charge in [-0.2, -0.15) is 0 Å². The lowest BCUT2D eigenvalue weighted by atomic mass is 10.2. The molecule has 5 nitrogen and oxygen atoms in total. The van der Waals surface area contributed by atoms with Gasteiger partial charge in [0, 0.05) is 24.3 Å². The maximum Gasteiger partial charge on any atom is 0.271 e. The molecule has 0 atom stereocenters. The molecule has 0 radical (unpaired) electrons. The van der Waals surface area contributed by atoms with Gasteiger partial charge >= 0.3 is 0 Å². The number of aromatic nitrogens is 2. The van der Waals surface area contributed by atoms with Crippen molar-refractivity contribution < 1.29 is 13.9 Å². The Morgan fingerprint density at radius 2 is 1.77 bits per heavy atom. The van der Waals surface area contributed by atoms with Crippen molar-refractivity contribution in [2.45, 2.75) is 13.2 Å². The topological polar surface area (TPSA) is 64.1 Å². The molecule has 1 N–H and O–H groups in total. The molecule has 0 saturated heterocycles. The molecule has 4 rings (SSSR count). The summed E-state index contributed by atoms with van der Waals surface area (Å²) in [6, 6.07) is 17.4. The number of carbonyl (C=O) groups excluding carboxylic acids is 1. The fourth-order valence-corrected chi connectivity index (χ4v) is 3.62. The molecule has 2 aromatic heterocycles. The van der Waals surface area contributed by atoms with Crippen LogP contribution in [-0.4, -0.2) is 15.9 Å². The molecule has 30 heavy (non-hydrogen) atoms. The fraction of sp³-hybridized carbons (Fsp3) is 0.0870. The molecule has 0 aliphatic rings. The third-order valence-electron chi connectivity index (χ3n) is 4.36. The number of rotatable bonds is 7. The zero-order chi connectivity index (χ0) is 20.8. The second kappa shape index (κ2) is 9.28. The van der Waals surface area contributed by atoms with Crippen LogP contribution >= 0.6 is 11.3 Å². The number of carbonyl (C=O) groups is 1. The second-order valence-electron chi connectivity index (χ2n) is 6.49. The number of thiazole rings is 1. The highest BCUT2D eigenvalue weighted by Gasteiger charge is 2.14. The predicted molar refractivity (Wildman–Crippen MR) is 114 cm³/mol. The van der Waals surface area contributed by atoms with E-state index in [0.717, 1.165) is 16.7 Å². The first kappa shape index (κ1) is 19.7. The number of para-hydroxylation sites is 1. The molecule has 0 saturated carbocycles. The summed E-state index contributed by atoms with van der Waals surface area (Å²) in [4.78, 5) is 20.9. The summed E-state index contributed by atoms with van der Waals surface area (Å²) < 4.78 is 19.0. The molecule has 0 unspecified atom stereocenters. The minimum atomic E-state index is -0.281. The zero-order valence-electron chi connectivity index (χ0n) is 15.9. The van der Waals surface area contributed by atoms with E-state index in [9.17, 15) is 9.18 Å². The third-order valence-corrected chi connectivity index (χ3v) is 5.24. The van der Waals surface area contributed by atoms with E-state index >= 15 is 0 Å². The van der Waals surface area contributed by atoms with Crippen molar-refractivity contribution in [3.63, 3.8) is 0 Å². The van der Waals surface area contributed by atoms with E-state index in [1.54, 1.807) is 29.9 Å². The molecule has 150 valence electrons. The Hall–Kier alpha value is -3.58. The average molecular weight is 419 g/mol. The van der Waals surface area contributed by atoms with Crippen LogP contribution in [0.4, 0.5) is 4.39 Å². The van der Waals surface area contributed by atoms with Crippen LogP contribution in [0, 0.1) is 5.82 Å². The normalized spacial score (nSPS) is 10.6. The minimum absolute atomic E-state index is 0.237. The zero-order valence-corrected chi connectivity index (χ0v) is 16.7. The van der Waals surface area contributed by atoms with Crippen LogP contribution in [0.2, 0.25) is 0 Å². The van der Waals surface area contributed by atoms with Crippen molar-refractivity contribution in [2.24, 2.45) is 0 Å². The van der Waals surface area contributed by atoms with E-state index in [4.69, 9.17) is 4.74 Å². The van der Waals surface area contributed by atoms with Gasteiger partial charge in [0.05, 0.1) is 5.56 Å². The number of pyridine rings is 1. The lowest BCUT2D eigenvalue weighted by Crippen LogP contribution is -2.23. The van der Waals surface area contributed by atoms with Gasteiger partial charge in [-0.15, -0.1) is 11.3 Å². The molecule has 0 spiro atoms. The Morgan fingerprint density at radius 1 is 1.00 bits per heavy atom. The van der Waals surface area contributed by atoms with Crippen LogP contribution in [-0.2, 0) is 13.2 Å². The van der Waals surface area contributed by atoms with Crippen LogP contribution in [0.3, 0.4) is 0 Å². The molecule has 2 heterocycles. The van der Waals surface area contributed by atoms with E-state index in [1.807, 2.05) is 36.4 Å². The molecule has 4 aromatic rings. The third kappa shape index (κ3) is 4.87. The van der Waals surface area contributed by atoms with Gasteiger partial charge in [-0.05, 0) is 47.5 Å². The van der Waals surface area contributed by atoms with Crippen LogP contribution in [0.5, 0.6) is 5.75 Å². The highest BCUT2D eigenvalue weighted by Crippen LogP contribution is 2.32. The quantitative estimate of drug-likeness (QED) is 0.465. The first-order chi connectivity index (χ1) is 14.7. The van der Waals surface area contributed by atoms with E-state index in [0.29, 0.717) is 29.6 Å². The first-order valence-corrected chi connectivity index (χ1v) is 10.2. The number of nitrogens with zero attached hydrogens (tertiary/aromatic N) is 2. The maximum atomic E-state index is 13.1. The molecule has 0 aliphatic heterocycles. The van der Waals surface area contributed by atoms with Crippen molar-refractivity contribution in [3.05, 3.63) is 101 Å². The fourth-order valence-electron chi connectivity index (χ4n) is 2.79. The maximum absolute atomic E-state index is 13.1. The van der Waals surface area contributed by atoms with Gasteiger partial charge in [0.1, 0.15) is 28.9 Å². The number of amides is 1. The van der Waals surface area contributed by atoms with E-state index in [1.165, 1.54) is 23.5 Å². The summed E-state index contributed by atoms with van der Waals surface area (Å²) in [6.07, 6.45) is 3.37. The van der Waals surface area contributed by atoms with Gasteiger partial charge in [-0.1, -0.05) is 24.3 Å². The first-order valence-electron chi connectivity index (χ1n) is 9.28. The molecule has 7 heteroatoms. The number of benzene rings is 2. The van der Waals surface area contributed by atoms with Gasteiger partial charge < -0.3 is 10.1 Å². The molecule has 1 amide bonds. The lowest BCUT2D eigenvalue weighted by Gasteiger charge is -2.10. The van der Waals surface area contributed by atoms with Gasteiger partial charge in [-0.3, -0.25) is 9.78 Å². The SMILES string of the molecule is O=C(NCc1ccncc1)c1csc(-c2ccccc2OCc2ccc(F)cc2)n1. The van der Waals surface area contributed by atoms with Crippen molar-refractivity contribution >= 4 is 17.2 Å². The Morgan fingerprint density at radius 3 is 2.57 bits per heavy atom. The summed E-state index contributed by atoms with van der Waals surface area (Å²) in [7, 11) is 0. The van der Waals surface area contributed by atoms with Gasteiger partial charge in [-0.25, -0.2) is 9.37 Å². The Balaban J connectivity index is 1.45. The highest BCUT2D eigenvalue weighted by molar-refractivity contribution is 7.13. The number of hydrogen-bond acceptors (Lipinski definition) is 5. The predicted octanol–water partition coefficient (Wildman–Crippen LogP) is 4.85. The molecule has 0 bridgehead atoms. The van der Waals surface area contributed by atoms with Crippen molar-refractivity contribution in [3.8, 4) is 16.3 Å². The van der Waals surface area contributed by atoms with E-state index in [2.05, 4.69) is 15.3 Å². The lowest BCUT2D eigenvalue weighted by molar-refractivity contribution is 0.0946. The van der Waals surface area contributed by atoms with Crippen LogP contribution in [0.15, 0.2) is 78.4 Å². The van der Waals surface area contributed by atoms with Crippen molar-refractivity contribution in [1.29, 1.82) is 0 Å². The van der Waals surface area contributed by atoms with Crippen LogP contribution in [0.1, 0.15) is 21.6 Å². The molecular weight excluding hydrogens is 401 g/mol. The number of nitrogens with one attached hydrogen (secondary N) is 1. The van der Waals surface area contributed by atoms with Crippen LogP contribution in [0.25, 0.3) is 10.6 Å².